The molecule has 0 radical (unpaired) electrons. The molecule has 0 aromatic heterocycles. The van der Waals surface area contributed by atoms with Gasteiger partial charge in [0.2, 0.25) is 5.91 Å². The summed E-state index contributed by atoms with van der Waals surface area (Å²) in [5, 5.41) is 7.07. The molecule has 6 nitrogen and oxygen atoms in total. The Morgan fingerprint density at radius 3 is 2.30 bits per heavy atom. The number of carbonyl (C=O) groups excluding carboxylic acids is 1. The number of piperidine rings is 1. The molecule has 6 heteroatoms. The summed E-state index contributed by atoms with van der Waals surface area (Å²) in [6, 6.07) is 11.2. The monoisotopic (exact) mass is 415 g/mol. The van der Waals surface area contributed by atoms with Crippen molar-refractivity contribution in [2.45, 2.75) is 57.9 Å². The Bertz CT molecular complexity index is 661. The molecule has 1 aromatic carbocycles. The van der Waals surface area contributed by atoms with E-state index in [9.17, 15) is 4.79 Å². The van der Waals surface area contributed by atoms with Gasteiger partial charge in [0.05, 0.1) is 13.1 Å². The lowest BCUT2D eigenvalue weighted by atomic mass is 9.76. The number of benzene rings is 1. The highest BCUT2D eigenvalue weighted by atomic mass is 16.2. The zero-order valence-electron chi connectivity index (χ0n) is 19.6. The molecular weight excluding hydrogens is 374 g/mol. The fourth-order valence-electron chi connectivity index (χ4n) is 4.08. The molecule has 0 atom stereocenters. The Kier molecular flexibility index (Phi) is 9.63. The summed E-state index contributed by atoms with van der Waals surface area (Å²) in [6.45, 7) is 10.6. The van der Waals surface area contributed by atoms with Gasteiger partial charge in [0.25, 0.3) is 0 Å². The van der Waals surface area contributed by atoms with E-state index >= 15 is 0 Å². The zero-order chi connectivity index (χ0) is 22.0. The zero-order valence-corrected chi connectivity index (χ0v) is 19.6. The van der Waals surface area contributed by atoms with E-state index in [1.54, 1.807) is 4.90 Å². The smallest absolute Gasteiger partial charge is 0.236 e. The van der Waals surface area contributed by atoms with Gasteiger partial charge in [0, 0.05) is 45.2 Å². The predicted octanol–water partition coefficient (Wildman–Crippen LogP) is 2.85. The van der Waals surface area contributed by atoms with E-state index in [0.29, 0.717) is 12.6 Å². The Balaban J connectivity index is 1.98. The van der Waals surface area contributed by atoms with Gasteiger partial charge in [0.1, 0.15) is 0 Å². The molecule has 168 valence electrons. The van der Waals surface area contributed by atoms with Crippen molar-refractivity contribution in [1.82, 2.24) is 20.4 Å². The van der Waals surface area contributed by atoms with Gasteiger partial charge < -0.3 is 15.5 Å². The molecule has 1 aromatic rings. The maximum atomic E-state index is 11.9. The maximum Gasteiger partial charge on any atom is 0.236 e. The Morgan fingerprint density at radius 2 is 1.77 bits per heavy atom. The Morgan fingerprint density at radius 1 is 1.13 bits per heavy atom. The molecule has 1 saturated heterocycles. The molecule has 0 bridgehead atoms. The van der Waals surface area contributed by atoms with Crippen molar-refractivity contribution in [1.29, 1.82) is 0 Å². The van der Waals surface area contributed by atoms with Gasteiger partial charge in [-0.2, -0.15) is 0 Å². The number of hydrogen-bond acceptors (Lipinski definition) is 3. The van der Waals surface area contributed by atoms with Crippen LogP contribution in [-0.2, 0) is 10.2 Å². The average Bonchev–Trinajstić information content (AvgIpc) is 2.77. The van der Waals surface area contributed by atoms with Crippen LogP contribution in [0, 0.1) is 0 Å². The second-order valence-electron chi connectivity index (χ2n) is 8.53. The van der Waals surface area contributed by atoms with Gasteiger partial charge in [-0.15, -0.1) is 0 Å². The molecule has 2 N–H and O–H groups in total. The molecule has 0 saturated carbocycles. The van der Waals surface area contributed by atoms with Crippen molar-refractivity contribution in [3.8, 4) is 0 Å². The van der Waals surface area contributed by atoms with Crippen molar-refractivity contribution in [3.63, 3.8) is 0 Å². The number of nitrogens with one attached hydrogen (secondary N) is 2. The second-order valence-corrected chi connectivity index (χ2v) is 8.53. The van der Waals surface area contributed by atoms with E-state index in [4.69, 9.17) is 4.99 Å². The molecule has 1 aliphatic heterocycles. The van der Waals surface area contributed by atoms with Gasteiger partial charge in [-0.3, -0.25) is 14.7 Å². The van der Waals surface area contributed by atoms with Crippen molar-refractivity contribution in [2.24, 2.45) is 4.99 Å². The van der Waals surface area contributed by atoms with Crippen LogP contribution in [0.4, 0.5) is 0 Å². The highest BCUT2D eigenvalue weighted by Crippen LogP contribution is 2.32. The number of carbonyl (C=O) groups is 1. The molecule has 1 amide bonds. The maximum absolute atomic E-state index is 11.9. The first-order valence-corrected chi connectivity index (χ1v) is 11.5. The van der Waals surface area contributed by atoms with Crippen LogP contribution in [0.5, 0.6) is 0 Å². The van der Waals surface area contributed by atoms with E-state index in [1.165, 1.54) is 5.56 Å². The summed E-state index contributed by atoms with van der Waals surface area (Å²) >= 11 is 0. The van der Waals surface area contributed by atoms with Gasteiger partial charge in [-0.1, -0.05) is 44.2 Å². The molecule has 0 unspecified atom stereocenters. The van der Waals surface area contributed by atoms with Crippen LogP contribution in [0.1, 0.15) is 52.0 Å². The summed E-state index contributed by atoms with van der Waals surface area (Å²) in [5.74, 6) is 1.08. The number of likely N-dealkylation sites (tertiary alicyclic amines) is 1. The van der Waals surface area contributed by atoms with Crippen LogP contribution >= 0.6 is 0 Å². The highest BCUT2D eigenvalue weighted by Gasteiger charge is 2.28. The molecule has 1 fully saturated rings. The highest BCUT2D eigenvalue weighted by molar-refractivity contribution is 5.80. The minimum absolute atomic E-state index is 0.0690. The van der Waals surface area contributed by atoms with Crippen LogP contribution in [0.3, 0.4) is 0 Å². The second kappa shape index (κ2) is 11.9. The molecule has 30 heavy (non-hydrogen) atoms. The molecule has 1 heterocycles. The summed E-state index contributed by atoms with van der Waals surface area (Å²) in [4.78, 5) is 20.9. The fraction of sp³-hybridized carbons (Fsp3) is 0.667. The van der Waals surface area contributed by atoms with Gasteiger partial charge >= 0.3 is 0 Å². The molecule has 1 aliphatic rings. The van der Waals surface area contributed by atoms with Gasteiger partial charge in [-0.05, 0) is 38.2 Å². The first-order valence-electron chi connectivity index (χ1n) is 11.5. The van der Waals surface area contributed by atoms with E-state index in [1.807, 2.05) is 14.1 Å². The number of likely N-dealkylation sites (N-methyl/N-ethyl adjacent to an activating group) is 1. The number of rotatable bonds is 9. The average molecular weight is 416 g/mol. The number of nitrogens with zero attached hydrogens (tertiary/aromatic N) is 3. The Labute approximate surface area is 183 Å². The lowest BCUT2D eigenvalue weighted by molar-refractivity contribution is -0.130. The van der Waals surface area contributed by atoms with Crippen LogP contribution in [-0.4, -0.2) is 74.5 Å². The minimum Gasteiger partial charge on any atom is -0.357 e. The minimum atomic E-state index is 0.0690. The first-order chi connectivity index (χ1) is 14.4. The molecule has 0 aliphatic carbocycles. The number of aliphatic imine (C=N–C) groups is 1. The number of hydrogen-bond donors (Lipinski definition) is 2. The van der Waals surface area contributed by atoms with Crippen LogP contribution in [0.15, 0.2) is 35.3 Å². The Hall–Kier alpha value is -2.08. The van der Waals surface area contributed by atoms with Crippen LogP contribution < -0.4 is 10.6 Å². The molecular formula is C24H41N5O. The number of guanidine groups is 1. The molecule has 2 rings (SSSR count). The third-order valence-corrected chi connectivity index (χ3v) is 6.41. The quantitative estimate of drug-likeness (QED) is 0.481. The molecule has 0 spiro atoms. The van der Waals surface area contributed by atoms with Gasteiger partial charge in [0.15, 0.2) is 5.96 Å². The summed E-state index contributed by atoms with van der Waals surface area (Å²) < 4.78 is 0. The van der Waals surface area contributed by atoms with Gasteiger partial charge in [-0.25, -0.2) is 0 Å². The van der Waals surface area contributed by atoms with Crippen LogP contribution in [0.2, 0.25) is 0 Å². The summed E-state index contributed by atoms with van der Waals surface area (Å²) in [6.07, 6.45) is 4.18. The number of amides is 1. The summed E-state index contributed by atoms with van der Waals surface area (Å²) in [7, 11) is 3.63. The van der Waals surface area contributed by atoms with E-state index in [-0.39, 0.29) is 11.3 Å². The largest absolute Gasteiger partial charge is 0.357 e. The van der Waals surface area contributed by atoms with Crippen molar-refractivity contribution < 1.29 is 4.79 Å². The first kappa shape index (κ1) is 24.2. The van der Waals surface area contributed by atoms with Crippen molar-refractivity contribution in [2.75, 3.05) is 46.8 Å². The van der Waals surface area contributed by atoms with Crippen LogP contribution in [0.25, 0.3) is 0 Å². The van der Waals surface area contributed by atoms with E-state index < -0.39 is 0 Å². The third-order valence-electron chi connectivity index (χ3n) is 6.41. The fourth-order valence-corrected chi connectivity index (χ4v) is 4.08. The van der Waals surface area contributed by atoms with E-state index in [2.05, 4.69) is 66.6 Å². The topological polar surface area (TPSA) is 60.0 Å². The predicted molar refractivity (Wildman–Crippen MR) is 126 cm³/mol. The lowest BCUT2D eigenvalue weighted by Gasteiger charge is -2.34. The van der Waals surface area contributed by atoms with Crippen molar-refractivity contribution >= 4 is 11.9 Å². The van der Waals surface area contributed by atoms with E-state index in [0.717, 1.165) is 57.8 Å². The standard InChI is InChI=1S/C24H41N5O/c1-6-24(7-2,20-12-10-9-11-13-20)19-26-23(25-8-3)27-21-14-16-29(17-15-21)18-22(30)28(4)5/h9-13,21H,6-8,14-19H2,1-5H3,(H2,25,26,27). The lowest BCUT2D eigenvalue weighted by Crippen LogP contribution is -2.50. The van der Waals surface area contributed by atoms with Crippen molar-refractivity contribution in [3.05, 3.63) is 35.9 Å². The normalized spacial score (nSPS) is 16.4. The SMILES string of the molecule is CCNC(=NCC(CC)(CC)c1ccccc1)NC1CCN(CC(=O)N(C)C)CC1. The third kappa shape index (κ3) is 6.73. The summed E-state index contributed by atoms with van der Waals surface area (Å²) in [5.41, 5.74) is 1.44.